The highest BCUT2D eigenvalue weighted by Crippen LogP contribution is 2.14. The molecule has 0 fully saturated rings. The zero-order valence-corrected chi connectivity index (χ0v) is 13.2. The van der Waals surface area contributed by atoms with Crippen LogP contribution in [0.2, 0.25) is 0 Å². The van der Waals surface area contributed by atoms with Crippen LogP contribution >= 0.6 is 0 Å². The molecule has 0 amide bonds. The molecule has 0 saturated carbocycles. The number of carbonyl (C=O) groups is 1. The summed E-state index contributed by atoms with van der Waals surface area (Å²) in [6.45, 7) is 2.52. The van der Waals surface area contributed by atoms with Crippen molar-refractivity contribution in [2.24, 2.45) is 0 Å². The number of hydrogen-bond donors (Lipinski definition) is 1. The SMILES string of the molecule is CCCCCCOC(=O)C=Cc1ccc(OS(=O)(=O)O)cc1. The molecule has 122 valence electrons. The number of rotatable bonds is 9. The van der Waals surface area contributed by atoms with E-state index >= 15 is 0 Å². The highest BCUT2D eigenvalue weighted by molar-refractivity contribution is 7.81. The van der Waals surface area contributed by atoms with Crippen LogP contribution in [-0.2, 0) is 19.9 Å². The molecule has 0 spiro atoms. The molecule has 0 aromatic heterocycles. The van der Waals surface area contributed by atoms with E-state index in [0.29, 0.717) is 12.2 Å². The van der Waals surface area contributed by atoms with Crippen LogP contribution in [0.25, 0.3) is 6.08 Å². The van der Waals surface area contributed by atoms with Crippen LogP contribution in [0.3, 0.4) is 0 Å². The van der Waals surface area contributed by atoms with Crippen molar-refractivity contribution in [2.45, 2.75) is 32.6 Å². The zero-order valence-electron chi connectivity index (χ0n) is 12.4. The molecule has 0 bridgehead atoms. The maximum atomic E-state index is 11.5. The van der Waals surface area contributed by atoms with Crippen LogP contribution in [-0.4, -0.2) is 25.5 Å². The number of hydrogen-bond acceptors (Lipinski definition) is 5. The van der Waals surface area contributed by atoms with E-state index in [1.54, 1.807) is 18.2 Å². The second-order valence-corrected chi connectivity index (χ2v) is 5.66. The summed E-state index contributed by atoms with van der Waals surface area (Å²) in [7, 11) is -4.53. The Morgan fingerprint density at radius 3 is 2.45 bits per heavy atom. The van der Waals surface area contributed by atoms with E-state index in [9.17, 15) is 13.2 Å². The Labute approximate surface area is 130 Å². The molecular weight excluding hydrogens is 308 g/mol. The van der Waals surface area contributed by atoms with E-state index in [-0.39, 0.29) is 5.75 Å². The van der Waals surface area contributed by atoms with E-state index in [1.165, 1.54) is 18.2 Å². The number of unbranched alkanes of at least 4 members (excludes halogenated alkanes) is 3. The highest BCUT2D eigenvalue weighted by Gasteiger charge is 2.05. The molecule has 0 radical (unpaired) electrons. The molecule has 0 unspecified atom stereocenters. The molecule has 6 nitrogen and oxygen atoms in total. The highest BCUT2D eigenvalue weighted by atomic mass is 32.3. The lowest BCUT2D eigenvalue weighted by molar-refractivity contribution is -0.137. The van der Waals surface area contributed by atoms with Crippen LogP contribution in [0.5, 0.6) is 5.75 Å². The Morgan fingerprint density at radius 2 is 1.86 bits per heavy atom. The van der Waals surface area contributed by atoms with Gasteiger partial charge in [-0.1, -0.05) is 38.3 Å². The van der Waals surface area contributed by atoms with Gasteiger partial charge in [0.05, 0.1) is 6.61 Å². The predicted molar refractivity (Wildman–Crippen MR) is 82.8 cm³/mol. The van der Waals surface area contributed by atoms with Gasteiger partial charge in [0.2, 0.25) is 0 Å². The van der Waals surface area contributed by atoms with Crippen molar-refractivity contribution >= 4 is 22.4 Å². The lowest BCUT2D eigenvalue weighted by Gasteiger charge is -2.02. The summed E-state index contributed by atoms with van der Waals surface area (Å²) in [6.07, 6.45) is 7.01. The van der Waals surface area contributed by atoms with E-state index in [2.05, 4.69) is 11.1 Å². The van der Waals surface area contributed by atoms with E-state index < -0.39 is 16.4 Å². The van der Waals surface area contributed by atoms with Crippen LogP contribution in [0.4, 0.5) is 0 Å². The molecule has 0 aliphatic heterocycles. The maximum Gasteiger partial charge on any atom is 0.446 e. The average molecular weight is 328 g/mol. The standard InChI is InChI=1S/C15H20O6S/c1-2-3-4-5-12-20-15(16)11-8-13-6-9-14(10-7-13)21-22(17,18)19/h6-11H,2-5,12H2,1H3,(H,17,18,19). The first-order valence-electron chi connectivity index (χ1n) is 7.02. The van der Waals surface area contributed by atoms with Gasteiger partial charge in [-0.15, -0.1) is 0 Å². The van der Waals surface area contributed by atoms with Gasteiger partial charge in [0, 0.05) is 6.08 Å². The predicted octanol–water partition coefficient (Wildman–Crippen LogP) is 3.00. The molecule has 1 aromatic carbocycles. The molecule has 1 rings (SSSR count). The van der Waals surface area contributed by atoms with E-state index in [0.717, 1.165) is 25.7 Å². The van der Waals surface area contributed by atoms with Crippen molar-refractivity contribution in [1.82, 2.24) is 0 Å². The Morgan fingerprint density at radius 1 is 1.18 bits per heavy atom. The minimum absolute atomic E-state index is 0.0156. The van der Waals surface area contributed by atoms with Crippen LogP contribution < -0.4 is 4.18 Å². The van der Waals surface area contributed by atoms with E-state index in [1.807, 2.05) is 0 Å². The summed E-state index contributed by atoms with van der Waals surface area (Å²) >= 11 is 0. The first kappa shape index (κ1) is 18.2. The molecule has 1 N–H and O–H groups in total. The van der Waals surface area contributed by atoms with Gasteiger partial charge in [-0.2, -0.15) is 8.42 Å². The molecule has 22 heavy (non-hydrogen) atoms. The second-order valence-electron chi connectivity index (χ2n) is 4.64. The Kier molecular flexibility index (Phi) is 7.62. The fourth-order valence-corrected chi connectivity index (χ4v) is 2.02. The number of esters is 1. The van der Waals surface area contributed by atoms with Gasteiger partial charge in [-0.25, -0.2) is 4.79 Å². The van der Waals surface area contributed by atoms with Crippen LogP contribution in [0.15, 0.2) is 30.3 Å². The smallest absolute Gasteiger partial charge is 0.446 e. The lowest BCUT2D eigenvalue weighted by atomic mass is 10.2. The zero-order chi connectivity index (χ0) is 16.4. The molecule has 0 aliphatic carbocycles. The Balaban J connectivity index is 2.41. The van der Waals surface area contributed by atoms with Crippen LogP contribution in [0.1, 0.15) is 38.2 Å². The first-order chi connectivity index (χ1) is 10.4. The van der Waals surface area contributed by atoms with Gasteiger partial charge < -0.3 is 8.92 Å². The van der Waals surface area contributed by atoms with Gasteiger partial charge in [0.15, 0.2) is 0 Å². The molecular formula is C15H20O6S. The second kappa shape index (κ2) is 9.22. The topological polar surface area (TPSA) is 89.9 Å². The Bertz CT molecular complexity index is 589. The summed E-state index contributed by atoms with van der Waals surface area (Å²) in [4.78, 5) is 11.5. The fraction of sp³-hybridized carbons (Fsp3) is 0.400. The molecule has 0 saturated heterocycles. The summed E-state index contributed by atoms with van der Waals surface area (Å²) < 4.78 is 38.9. The third-order valence-corrected chi connectivity index (χ3v) is 3.14. The molecule has 1 aromatic rings. The quantitative estimate of drug-likeness (QED) is 0.324. The van der Waals surface area contributed by atoms with Gasteiger partial charge in [0.25, 0.3) is 0 Å². The van der Waals surface area contributed by atoms with Crippen molar-refractivity contribution in [3.63, 3.8) is 0 Å². The summed E-state index contributed by atoms with van der Waals surface area (Å²) in [6, 6.07) is 5.82. The van der Waals surface area contributed by atoms with Gasteiger partial charge in [0.1, 0.15) is 5.75 Å². The maximum absolute atomic E-state index is 11.5. The monoisotopic (exact) mass is 328 g/mol. The number of carbonyl (C=O) groups excluding carboxylic acids is 1. The van der Waals surface area contributed by atoms with Crippen molar-refractivity contribution in [1.29, 1.82) is 0 Å². The van der Waals surface area contributed by atoms with Crippen molar-refractivity contribution in [3.8, 4) is 5.75 Å². The minimum Gasteiger partial charge on any atom is -0.463 e. The number of ether oxygens (including phenoxy) is 1. The average Bonchev–Trinajstić information content (AvgIpc) is 2.45. The van der Waals surface area contributed by atoms with Crippen LogP contribution in [0, 0.1) is 0 Å². The Hall–Kier alpha value is -1.86. The van der Waals surface area contributed by atoms with Crippen molar-refractivity contribution in [2.75, 3.05) is 6.61 Å². The molecule has 0 aliphatic rings. The first-order valence-corrected chi connectivity index (χ1v) is 8.39. The largest absolute Gasteiger partial charge is 0.463 e. The summed E-state index contributed by atoms with van der Waals surface area (Å²) in [5, 5.41) is 0. The van der Waals surface area contributed by atoms with Gasteiger partial charge in [-0.05, 0) is 30.2 Å². The molecule has 0 atom stereocenters. The van der Waals surface area contributed by atoms with Gasteiger partial charge in [-0.3, -0.25) is 4.55 Å². The fourth-order valence-electron chi connectivity index (χ4n) is 1.67. The third-order valence-electron chi connectivity index (χ3n) is 2.74. The minimum atomic E-state index is -4.53. The lowest BCUT2D eigenvalue weighted by Crippen LogP contribution is -2.06. The third kappa shape index (κ3) is 8.43. The molecule has 0 heterocycles. The number of benzene rings is 1. The summed E-state index contributed by atoms with van der Waals surface area (Å²) in [5.74, 6) is -0.437. The van der Waals surface area contributed by atoms with Crippen molar-refractivity contribution in [3.05, 3.63) is 35.9 Å². The van der Waals surface area contributed by atoms with E-state index in [4.69, 9.17) is 9.29 Å². The normalized spacial score (nSPS) is 11.5. The summed E-state index contributed by atoms with van der Waals surface area (Å²) in [5.41, 5.74) is 0.672. The van der Waals surface area contributed by atoms with Crippen molar-refractivity contribution < 1.29 is 26.7 Å². The molecule has 7 heteroatoms. The van der Waals surface area contributed by atoms with Gasteiger partial charge >= 0.3 is 16.4 Å².